The van der Waals surface area contributed by atoms with Gasteiger partial charge in [0.2, 0.25) is 0 Å². The molecule has 0 amide bonds. The third kappa shape index (κ3) is 7.68. The first-order chi connectivity index (χ1) is 15.3. The molecule has 0 saturated heterocycles. The first-order valence-corrected chi connectivity index (χ1v) is 11.7. The summed E-state index contributed by atoms with van der Waals surface area (Å²) in [7, 11) is 0. The zero-order chi connectivity index (χ0) is 21.7. The van der Waals surface area contributed by atoms with Crippen molar-refractivity contribution in [1.82, 2.24) is 0 Å². The second-order valence-electron chi connectivity index (χ2n) is 7.96. The number of ether oxygens (including phenoxy) is 2. The van der Waals surface area contributed by atoms with Gasteiger partial charge in [-0.25, -0.2) is 0 Å². The van der Waals surface area contributed by atoms with Crippen LogP contribution in [0.3, 0.4) is 0 Å². The van der Waals surface area contributed by atoms with Gasteiger partial charge in [0.1, 0.15) is 11.5 Å². The zero-order valence-electron chi connectivity index (χ0n) is 19.0. The van der Waals surface area contributed by atoms with Crippen molar-refractivity contribution in [2.75, 3.05) is 13.2 Å². The predicted molar refractivity (Wildman–Crippen MR) is 131 cm³/mol. The zero-order valence-corrected chi connectivity index (χ0v) is 19.0. The molecule has 0 unspecified atom stereocenters. The smallest absolute Gasteiger partial charge is 0.119 e. The van der Waals surface area contributed by atoms with Crippen LogP contribution in [0.4, 0.5) is 0 Å². The normalized spacial score (nSPS) is 10.5. The van der Waals surface area contributed by atoms with Crippen molar-refractivity contribution < 1.29 is 9.47 Å². The molecule has 0 aromatic heterocycles. The highest BCUT2D eigenvalue weighted by Gasteiger charge is 2.00. The SMILES string of the molecule is CCCCCCCOc1ccc2cc(C#Cc3ccc(OCCCC)cc3)ccc2c1. The molecule has 0 radical (unpaired) electrons. The molecule has 31 heavy (non-hydrogen) atoms. The van der Waals surface area contributed by atoms with Gasteiger partial charge in [-0.1, -0.05) is 69.9 Å². The summed E-state index contributed by atoms with van der Waals surface area (Å²) >= 11 is 0. The largest absolute Gasteiger partial charge is 0.494 e. The average molecular weight is 415 g/mol. The molecule has 162 valence electrons. The van der Waals surface area contributed by atoms with E-state index in [0.717, 1.165) is 55.1 Å². The summed E-state index contributed by atoms with van der Waals surface area (Å²) in [5, 5.41) is 2.37. The fraction of sp³-hybridized carbons (Fsp3) is 0.379. The van der Waals surface area contributed by atoms with Gasteiger partial charge in [0.15, 0.2) is 0 Å². The minimum Gasteiger partial charge on any atom is -0.494 e. The van der Waals surface area contributed by atoms with Crippen LogP contribution >= 0.6 is 0 Å². The van der Waals surface area contributed by atoms with Gasteiger partial charge in [0.05, 0.1) is 13.2 Å². The Kier molecular flexibility index (Phi) is 9.32. The molecule has 0 saturated carbocycles. The van der Waals surface area contributed by atoms with Crippen LogP contribution in [0.2, 0.25) is 0 Å². The Morgan fingerprint density at radius 1 is 0.548 bits per heavy atom. The van der Waals surface area contributed by atoms with E-state index in [1.807, 2.05) is 24.3 Å². The molecule has 0 aliphatic rings. The minimum atomic E-state index is 0.768. The highest BCUT2D eigenvalue weighted by atomic mass is 16.5. The topological polar surface area (TPSA) is 18.5 Å². The number of unbranched alkanes of at least 4 members (excludes halogenated alkanes) is 5. The van der Waals surface area contributed by atoms with E-state index in [2.05, 4.69) is 62.1 Å². The second-order valence-corrected chi connectivity index (χ2v) is 7.96. The van der Waals surface area contributed by atoms with Gasteiger partial charge in [-0.2, -0.15) is 0 Å². The molecule has 0 heterocycles. The Hall–Kier alpha value is -2.92. The van der Waals surface area contributed by atoms with Crippen LogP contribution < -0.4 is 9.47 Å². The molecule has 3 rings (SSSR count). The molecular weight excluding hydrogens is 380 g/mol. The van der Waals surface area contributed by atoms with E-state index in [0.29, 0.717) is 0 Å². The summed E-state index contributed by atoms with van der Waals surface area (Å²) in [6.07, 6.45) is 8.49. The van der Waals surface area contributed by atoms with Gasteiger partial charge < -0.3 is 9.47 Å². The molecule has 0 aliphatic heterocycles. The van der Waals surface area contributed by atoms with Crippen LogP contribution in [0.1, 0.15) is 69.9 Å². The Labute approximate surface area is 187 Å². The lowest BCUT2D eigenvalue weighted by molar-refractivity contribution is 0.305. The maximum atomic E-state index is 5.93. The summed E-state index contributed by atoms with van der Waals surface area (Å²) in [6.45, 7) is 5.97. The standard InChI is InChI=1S/C29H34O2/c1-3-5-7-8-9-21-31-29-19-16-26-22-25(12-15-27(26)23-29)11-10-24-13-17-28(18-14-24)30-20-6-4-2/h12-19,22-23H,3-9,20-21H2,1-2H3. The van der Waals surface area contributed by atoms with Crippen LogP contribution in [-0.4, -0.2) is 13.2 Å². The summed E-state index contributed by atoms with van der Waals surface area (Å²) in [6, 6.07) is 20.6. The van der Waals surface area contributed by atoms with Crippen LogP contribution in [-0.2, 0) is 0 Å². The van der Waals surface area contributed by atoms with E-state index >= 15 is 0 Å². The molecule has 0 fully saturated rings. The maximum absolute atomic E-state index is 5.93. The predicted octanol–water partition coefficient (Wildman–Crippen LogP) is 7.77. The van der Waals surface area contributed by atoms with Crippen LogP contribution in [0, 0.1) is 11.8 Å². The molecule has 0 bridgehead atoms. The quantitative estimate of drug-likeness (QED) is 0.236. The van der Waals surface area contributed by atoms with Crippen molar-refractivity contribution >= 4 is 10.8 Å². The van der Waals surface area contributed by atoms with Crippen molar-refractivity contribution in [3.8, 4) is 23.3 Å². The Bertz CT molecular complexity index is 993. The van der Waals surface area contributed by atoms with Crippen molar-refractivity contribution in [3.05, 3.63) is 71.8 Å². The number of fused-ring (bicyclic) bond motifs is 1. The fourth-order valence-electron chi connectivity index (χ4n) is 3.40. The lowest BCUT2D eigenvalue weighted by Crippen LogP contribution is -1.97. The minimum absolute atomic E-state index is 0.768. The Morgan fingerprint density at radius 3 is 1.94 bits per heavy atom. The molecule has 3 aromatic carbocycles. The van der Waals surface area contributed by atoms with Crippen molar-refractivity contribution in [2.24, 2.45) is 0 Å². The van der Waals surface area contributed by atoms with Crippen LogP contribution in [0.5, 0.6) is 11.5 Å². The Morgan fingerprint density at radius 2 is 1.13 bits per heavy atom. The Balaban J connectivity index is 1.56. The third-order valence-electron chi connectivity index (χ3n) is 5.30. The molecule has 0 N–H and O–H groups in total. The van der Waals surface area contributed by atoms with Gasteiger partial charge in [0.25, 0.3) is 0 Å². The van der Waals surface area contributed by atoms with E-state index in [-0.39, 0.29) is 0 Å². The number of benzene rings is 3. The monoisotopic (exact) mass is 414 g/mol. The van der Waals surface area contributed by atoms with E-state index < -0.39 is 0 Å². The van der Waals surface area contributed by atoms with E-state index in [1.54, 1.807) is 0 Å². The first-order valence-electron chi connectivity index (χ1n) is 11.7. The summed E-state index contributed by atoms with van der Waals surface area (Å²) < 4.78 is 11.6. The molecule has 0 aliphatic carbocycles. The number of rotatable bonds is 11. The molecule has 2 heteroatoms. The van der Waals surface area contributed by atoms with E-state index in [4.69, 9.17) is 9.47 Å². The van der Waals surface area contributed by atoms with Gasteiger partial charge in [0, 0.05) is 11.1 Å². The summed E-state index contributed by atoms with van der Waals surface area (Å²) in [5.74, 6) is 8.38. The van der Waals surface area contributed by atoms with Crippen molar-refractivity contribution in [2.45, 2.75) is 58.8 Å². The lowest BCUT2D eigenvalue weighted by atomic mass is 10.1. The number of hydrogen-bond acceptors (Lipinski definition) is 2. The third-order valence-corrected chi connectivity index (χ3v) is 5.30. The van der Waals surface area contributed by atoms with Crippen molar-refractivity contribution in [1.29, 1.82) is 0 Å². The first kappa shape index (κ1) is 22.8. The van der Waals surface area contributed by atoms with Crippen LogP contribution in [0.15, 0.2) is 60.7 Å². The highest BCUT2D eigenvalue weighted by Crippen LogP contribution is 2.22. The lowest BCUT2D eigenvalue weighted by Gasteiger charge is -2.07. The molecule has 2 nitrogen and oxygen atoms in total. The van der Waals surface area contributed by atoms with Crippen molar-refractivity contribution in [3.63, 3.8) is 0 Å². The summed E-state index contributed by atoms with van der Waals surface area (Å²) in [5.41, 5.74) is 2.01. The molecule has 0 atom stereocenters. The molecular formula is C29H34O2. The van der Waals surface area contributed by atoms with E-state index in [9.17, 15) is 0 Å². The average Bonchev–Trinajstić information content (AvgIpc) is 2.81. The van der Waals surface area contributed by atoms with E-state index in [1.165, 1.54) is 36.5 Å². The van der Waals surface area contributed by atoms with Gasteiger partial charge >= 0.3 is 0 Å². The maximum Gasteiger partial charge on any atom is 0.119 e. The highest BCUT2D eigenvalue weighted by molar-refractivity contribution is 5.85. The fourth-order valence-corrected chi connectivity index (χ4v) is 3.40. The van der Waals surface area contributed by atoms with Crippen LogP contribution in [0.25, 0.3) is 10.8 Å². The summed E-state index contributed by atoms with van der Waals surface area (Å²) in [4.78, 5) is 0. The molecule has 3 aromatic rings. The van der Waals surface area contributed by atoms with Gasteiger partial charge in [-0.05, 0) is 72.1 Å². The number of hydrogen-bond donors (Lipinski definition) is 0. The molecule has 0 spiro atoms. The van der Waals surface area contributed by atoms with Gasteiger partial charge in [-0.15, -0.1) is 0 Å². The van der Waals surface area contributed by atoms with Gasteiger partial charge in [-0.3, -0.25) is 0 Å². The second kappa shape index (κ2) is 12.7.